The molecule has 0 amide bonds. The van der Waals surface area contributed by atoms with Gasteiger partial charge in [0.1, 0.15) is 0 Å². The monoisotopic (exact) mass is 288 g/mol. The fraction of sp³-hybridized carbons (Fsp3) is 0.667. The van der Waals surface area contributed by atoms with Gasteiger partial charge in [-0.25, -0.2) is 0 Å². The lowest BCUT2D eigenvalue weighted by atomic mass is 9.85. The van der Waals surface area contributed by atoms with Crippen LogP contribution in [0.2, 0.25) is 0 Å². The van der Waals surface area contributed by atoms with Gasteiger partial charge in [0.15, 0.2) is 0 Å². The topological polar surface area (TPSA) is 24.5 Å². The Bertz CT molecular complexity index is 480. The molecule has 1 fully saturated rings. The molecule has 3 nitrogen and oxygen atoms in total. The second kappa shape index (κ2) is 6.07. The minimum Gasteiger partial charge on any atom is -0.372 e. The predicted molar refractivity (Wildman–Crippen MR) is 86.5 cm³/mol. The van der Waals surface area contributed by atoms with E-state index in [0.29, 0.717) is 11.5 Å². The SMILES string of the molecule is CC(C)(C)C1CN(CC2OCCc3ccccc32)CCN1. The molecule has 3 heteroatoms. The van der Waals surface area contributed by atoms with E-state index in [2.05, 4.69) is 55.3 Å². The number of ether oxygens (including phenoxy) is 1. The molecule has 2 atom stereocenters. The fourth-order valence-corrected chi connectivity index (χ4v) is 3.42. The van der Waals surface area contributed by atoms with Gasteiger partial charge in [0, 0.05) is 32.2 Å². The zero-order valence-electron chi connectivity index (χ0n) is 13.6. The van der Waals surface area contributed by atoms with Crippen LogP contribution >= 0.6 is 0 Å². The zero-order valence-corrected chi connectivity index (χ0v) is 13.6. The number of benzene rings is 1. The van der Waals surface area contributed by atoms with Crippen molar-refractivity contribution < 1.29 is 4.74 Å². The number of fused-ring (bicyclic) bond motifs is 1. The summed E-state index contributed by atoms with van der Waals surface area (Å²) in [5, 5.41) is 3.66. The summed E-state index contributed by atoms with van der Waals surface area (Å²) in [7, 11) is 0. The van der Waals surface area contributed by atoms with Gasteiger partial charge in [0.05, 0.1) is 12.7 Å². The minimum atomic E-state index is 0.244. The van der Waals surface area contributed by atoms with Crippen molar-refractivity contribution in [3.05, 3.63) is 35.4 Å². The average Bonchev–Trinajstić information content (AvgIpc) is 2.47. The van der Waals surface area contributed by atoms with E-state index < -0.39 is 0 Å². The number of hydrogen-bond acceptors (Lipinski definition) is 3. The predicted octanol–water partition coefficient (Wildman–Crippen LogP) is 2.62. The molecule has 0 aliphatic carbocycles. The van der Waals surface area contributed by atoms with Gasteiger partial charge in [-0.15, -0.1) is 0 Å². The van der Waals surface area contributed by atoms with Crippen LogP contribution in [0.3, 0.4) is 0 Å². The van der Waals surface area contributed by atoms with Crippen LogP contribution in [-0.2, 0) is 11.2 Å². The van der Waals surface area contributed by atoms with Crippen LogP contribution in [0.5, 0.6) is 0 Å². The molecule has 0 bridgehead atoms. The maximum absolute atomic E-state index is 6.07. The lowest BCUT2D eigenvalue weighted by Crippen LogP contribution is -2.56. The third-order valence-electron chi connectivity index (χ3n) is 4.82. The highest BCUT2D eigenvalue weighted by Crippen LogP contribution is 2.29. The maximum atomic E-state index is 6.07. The first-order chi connectivity index (χ1) is 10.0. The number of nitrogens with zero attached hydrogens (tertiary/aromatic N) is 1. The average molecular weight is 288 g/mol. The van der Waals surface area contributed by atoms with Gasteiger partial charge in [-0.1, -0.05) is 45.0 Å². The van der Waals surface area contributed by atoms with Gasteiger partial charge in [0.25, 0.3) is 0 Å². The van der Waals surface area contributed by atoms with E-state index >= 15 is 0 Å². The van der Waals surface area contributed by atoms with Crippen molar-refractivity contribution in [1.29, 1.82) is 0 Å². The molecular formula is C18H28N2O. The number of piperazine rings is 1. The third-order valence-corrected chi connectivity index (χ3v) is 4.82. The molecule has 116 valence electrons. The summed E-state index contributed by atoms with van der Waals surface area (Å²) >= 11 is 0. The lowest BCUT2D eigenvalue weighted by molar-refractivity contribution is 0.00474. The quantitative estimate of drug-likeness (QED) is 0.905. The molecule has 3 rings (SSSR count). The summed E-state index contributed by atoms with van der Waals surface area (Å²) in [5.41, 5.74) is 3.18. The van der Waals surface area contributed by atoms with Crippen molar-refractivity contribution >= 4 is 0 Å². The number of nitrogens with one attached hydrogen (secondary N) is 1. The Balaban J connectivity index is 1.67. The molecule has 0 aromatic heterocycles. The van der Waals surface area contributed by atoms with E-state index in [4.69, 9.17) is 4.74 Å². The fourth-order valence-electron chi connectivity index (χ4n) is 3.42. The Kier molecular flexibility index (Phi) is 4.34. The van der Waals surface area contributed by atoms with Crippen LogP contribution in [0.1, 0.15) is 38.0 Å². The second-order valence-corrected chi connectivity index (χ2v) is 7.44. The summed E-state index contributed by atoms with van der Waals surface area (Å²) in [6, 6.07) is 9.33. The molecule has 2 heterocycles. The van der Waals surface area contributed by atoms with Gasteiger partial charge >= 0.3 is 0 Å². The molecule has 2 unspecified atom stereocenters. The molecular weight excluding hydrogens is 260 g/mol. The molecule has 1 N–H and O–H groups in total. The van der Waals surface area contributed by atoms with E-state index in [9.17, 15) is 0 Å². The van der Waals surface area contributed by atoms with E-state index in [1.54, 1.807) is 0 Å². The van der Waals surface area contributed by atoms with Crippen molar-refractivity contribution in [2.45, 2.75) is 39.3 Å². The molecule has 1 aromatic carbocycles. The summed E-state index contributed by atoms with van der Waals surface area (Å²) in [6.07, 6.45) is 1.30. The number of hydrogen-bond donors (Lipinski definition) is 1. The summed E-state index contributed by atoms with van der Waals surface area (Å²) in [6.45, 7) is 12.2. The van der Waals surface area contributed by atoms with Crippen LogP contribution in [-0.4, -0.2) is 43.7 Å². The first kappa shape index (κ1) is 15.0. The van der Waals surface area contributed by atoms with Crippen LogP contribution in [0.25, 0.3) is 0 Å². The Hall–Kier alpha value is -0.900. The normalized spacial score (nSPS) is 27.4. The third kappa shape index (κ3) is 3.47. The Morgan fingerprint density at radius 3 is 2.90 bits per heavy atom. The van der Waals surface area contributed by atoms with Crippen molar-refractivity contribution in [1.82, 2.24) is 10.2 Å². The van der Waals surface area contributed by atoms with Crippen LogP contribution in [0.15, 0.2) is 24.3 Å². The van der Waals surface area contributed by atoms with Crippen LogP contribution in [0, 0.1) is 5.41 Å². The molecule has 0 radical (unpaired) electrons. The first-order valence-electron chi connectivity index (χ1n) is 8.19. The Morgan fingerprint density at radius 2 is 2.10 bits per heavy atom. The van der Waals surface area contributed by atoms with Crippen LogP contribution in [0.4, 0.5) is 0 Å². The van der Waals surface area contributed by atoms with Crippen molar-refractivity contribution in [3.63, 3.8) is 0 Å². The maximum Gasteiger partial charge on any atom is 0.0954 e. The van der Waals surface area contributed by atoms with Gasteiger partial charge in [-0.05, 0) is 23.0 Å². The molecule has 2 aliphatic rings. The van der Waals surface area contributed by atoms with E-state index in [0.717, 1.165) is 39.2 Å². The van der Waals surface area contributed by atoms with E-state index in [-0.39, 0.29) is 6.10 Å². The molecule has 0 saturated carbocycles. The van der Waals surface area contributed by atoms with E-state index in [1.807, 2.05) is 0 Å². The molecule has 0 spiro atoms. The van der Waals surface area contributed by atoms with Crippen molar-refractivity contribution in [3.8, 4) is 0 Å². The van der Waals surface area contributed by atoms with E-state index in [1.165, 1.54) is 11.1 Å². The van der Waals surface area contributed by atoms with Gasteiger partial charge in [0.2, 0.25) is 0 Å². The molecule has 21 heavy (non-hydrogen) atoms. The Morgan fingerprint density at radius 1 is 1.29 bits per heavy atom. The highest BCUT2D eigenvalue weighted by atomic mass is 16.5. The second-order valence-electron chi connectivity index (χ2n) is 7.44. The highest BCUT2D eigenvalue weighted by molar-refractivity contribution is 5.31. The molecule has 1 saturated heterocycles. The summed E-state index contributed by atoms with van der Waals surface area (Å²) < 4.78 is 6.07. The molecule has 2 aliphatic heterocycles. The van der Waals surface area contributed by atoms with Crippen molar-refractivity contribution in [2.24, 2.45) is 5.41 Å². The standard InChI is InChI=1S/C18H28N2O/c1-18(2,3)17-13-20(10-9-19-17)12-16-15-7-5-4-6-14(15)8-11-21-16/h4-7,16-17,19H,8-13H2,1-3H3. The van der Waals surface area contributed by atoms with Gasteiger partial charge < -0.3 is 10.1 Å². The number of rotatable bonds is 2. The molecule has 1 aromatic rings. The van der Waals surface area contributed by atoms with Gasteiger partial charge in [-0.2, -0.15) is 0 Å². The van der Waals surface area contributed by atoms with Crippen molar-refractivity contribution in [2.75, 3.05) is 32.8 Å². The summed E-state index contributed by atoms with van der Waals surface area (Å²) in [4.78, 5) is 2.57. The minimum absolute atomic E-state index is 0.244. The first-order valence-corrected chi connectivity index (χ1v) is 8.19. The Labute approximate surface area is 128 Å². The largest absolute Gasteiger partial charge is 0.372 e. The highest BCUT2D eigenvalue weighted by Gasteiger charge is 2.31. The lowest BCUT2D eigenvalue weighted by Gasteiger charge is -2.42. The zero-order chi connectivity index (χ0) is 14.9. The summed E-state index contributed by atoms with van der Waals surface area (Å²) in [5.74, 6) is 0. The van der Waals surface area contributed by atoms with Gasteiger partial charge in [-0.3, -0.25) is 4.90 Å². The van der Waals surface area contributed by atoms with Crippen LogP contribution < -0.4 is 5.32 Å². The smallest absolute Gasteiger partial charge is 0.0954 e.